The Hall–Kier alpha value is -0.970. The van der Waals surface area contributed by atoms with Crippen LogP contribution in [-0.4, -0.2) is 33.7 Å². The minimum absolute atomic E-state index is 0.327. The molecule has 1 N–H and O–H groups in total. The summed E-state index contributed by atoms with van der Waals surface area (Å²) >= 11 is 3.57. The molecule has 1 aromatic carbocycles. The number of aliphatic hydroxyl groups is 1. The Morgan fingerprint density at radius 1 is 1.25 bits per heavy atom. The second-order valence-electron chi connectivity index (χ2n) is 5.48. The Morgan fingerprint density at radius 2 is 2.00 bits per heavy atom. The molecule has 0 amide bonds. The number of hydrogen-bond donors (Lipinski definition) is 1. The summed E-state index contributed by atoms with van der Waals surface area (Å²) in [5, 5.41) is 10.8. The van der Waals surface area contributed by atoms with Gasteiger partial charge in [-0.25, -0.2) is 0 Å². The zero-order chi connectivity index (χ0) is 14.7. The molecule has 2 aromatic rings. The van der Waals surface area contributed by atoms with Crippen molar-refractivity contribution in [1.82, 2.24) is 9.88 Å². The molecule has 0 aliphatic rings. The van der Waals surface area contributed by atoms with E-state index in [1.807, 2.05) is 19.2 Å². The maximum atomic E-state index is 9.64. The second kappa shape index (κ2) is 6.66. The summed E-state index contributed by atoms with van der Waals surface area (Å²) in [6.07, 6.45) is 1.50. The zero-order valence-corrected chi connectivity index (χ0v) is 13.8. The Bertz CT molecular complexity index is 584. The number of pyridine rings is 1. The van der Waals surface area contributed by atoms with Gasteiger partial charge < -0.3 is 5.11 Å². The van der Waals surface area contributed by atoms with Gasteiger partial charge in [-0.15, -0.1) is 0 Å². The van der Waals surface area contributed by atoms with Crippen LogP contribution in [0.15, 0.2) is 34.9 Å². The minimum Gasteiger partial charge on any atom is -0.392 e. The number of halogens is 1. The molecule has 0 saturated carbocycles. The SMILES string of the molecule is CC(O)CN(Cc1ccc(Br)c2cccnc12)C(C)C. The first-order valence-electron chi connectivity index (χ1n) is 6.93. The summed E-state index contributed by atoms with van der Waals surface area (Å²) in [7, 11) is 0. The lowest BCUT2D eigenvalue weighted by Crippen LogP contribution is -2.36. The van der Waals surface area contributed by atoms with Crippen molar-refractivity contribution in [3.63, 3.8) is 0 Å². The molecule has 1 aromatic heterocycles. The molecular formula is C16H21BrN2O. The van der Waals surface area contributed by atoms with Crippen LogP contribution in [0.2, 0.25) is 0 Å². The molecule has 1 heterocycles. The third-order valence-electron chi connectivity index (χ3n) is 3.40. The van der Waals surface area contributed by atoms with E-state index in [2.05, 4.69) is 57.9 Å². The van der Waals surface area contributed by atoms with Crippen molar-refractivity contribution in [3.8, 4) is 0 Å². The van der Waals surface area contributed by atoms with Crippen molar-refractivity contribution in [2.24, 2.45) is 0 Å². The summed E-state index contributed by atoms with van der Waals surface area (Å²) in [4.78, 5) is 6.78. The zero-order valence-electron chi connectivity index (χ0n) is 12.2. The lowest BCUT2D eigenvalue weighted by Gasteiger charge is -2.28. The van der Waals surface area contributed by atoms with Gasteiger partial charge in [0.15, 0.2) is 0 Å². The molecule has 0 bridgehead atoms. The fraction of sp³-hybridized carbons (Fsp3) is 0.438. The van der Waals surface area contributed by atoms with E-state index in [4.69, 9.17) is 0 Å². The second-order valence-corrected chi connectivity index (χ2v) is 6.33. The Kier molecular flexibility index (Phi) is 5.13. The van der Waals surface area contributed by atoms with E-state index in [0.29, 0.717) is 12.6 Å². The fourth-order valence-electron chi connectivity index (χ4n) is 2.34. The van der Waals surface area contributed by atoms with Gasteiger partial charge >= 0.3 is 0 Å². The Labute approximate surface area is 128 Å². The normalized spacial score (nSPS) is 13.3. The summed E-state index contributed by atoms with van der Waals surface area (Å²) in [5.41, 5.74) is 2.22. The number of aromatic nitrogens is 1. The van der Waals surface area contributed by atoms with Gasteiger partial charge in [-0.2, -0.15) is 0 Å². The molecule has 0 fully saturated rings. The van der Waals surface area contributed by atoms with Crippen LogP contribution in [0.4, 0.5) is 0 Å². The van der Waals surface area contributed by atoms with Gasteiger partial charge in [-0.05, 0) is 38.5 Å². The molecular weight excluding hydrogens is 316 g/mol. The van der Waals surface area contributed by atoms with Gasteiger partial charge in [0.1, 0.15) is 0 Å². The van der Waals surface area contributed by atoms with Gasteiger partial charge in [0.2, 0.25) is 0 Å². The average molecular weight is 337 g/mol. The molecule has 1 atom stereocenters. The van der Waals surface area contributed by atoms with Crippen LogP contribution in [0, 0.1) is 0 Å². The monoisotopic (exact) mass is 336 g/mol. The maximum Gasteiger partial charge on any atom is 0.0758 e. The number of benzene rings is 1. The molecule has 0 spiro atoms. The largest absolute Gasteiger partial charge is 0.392 e. The number of nitrogens with zero attached hydrogens (tertiary/aromatic N) is 2. The van der Waals surface area contributed by atoms with E-state index < -0.39 is 0 Å². The molecule has 0 aliphatic carbocycles. The van der Waals surface area contributed by atoms with Crippen LogP contribution >= 0.6 is 15.9 Å². The summed E-state index contributed by atoms with van der Waals surface area (Å²) in [6, 6.07) is 8.58. The molecule has 2 rings (SSSR count). The molecule has 108 valence electrons. The highest BCUT2D eigenvalue weighted by Crippen LogP contribution is 2.26. The van der Waals surface area contributed by atoms with Crippen LogP contribution in [0.3, 0.4) is 0 Å². The highest BCUT2D eigenvalue weighted by molar-refractivity contribution is 9.10. The molecule has 0 saturated heterocycles. The molecule has 4 heteroatoms. The quantitative estimate of drug-likeness (QED) is 0.906. The first kappa shape index (κ1) is 15.4. The predicted molar refractivity (Wildman–Crippen MR) is 86.7 cm³/mol. The van der Waals surface area contributed by atoms with Gasteiger partial charge in [0.25, 0.3) is 0 Å². The Morgan fingerprint density at radius 3 is 2.65 bits per heavy atom. The topological polar surface area (TPSA) is 36.4 Å². The summed E-state index contributed by atoms with van der Waals surface area (Å²) in [6.45, 7) is 7.59. The third kappa shape index (κ3) is 3.57. The van der Waals surface area contributed by atoms with E-state index >= 15 is 0 Å². The standard InChI is InChI=1S/C16H21BrN2O/c1-11(2)19(9-12(3)20)10-13-6-7-15(17)14-5-4-8-18-16(13)14/h4-8,11-12,20H,9-10H2,1-3H3. The number of fused-ring (bicyclic) bond motifs is 1. The average Bonchev–Trinajstić information content (AvgIpc) is 2.40. The highest BCUT2D eigenvalue weighted by atomic mass is 79.9. The van der Waals surface area contributed by atoms with Crippen molar-refractivity contribution >= 4 is 26.8 Å². The fourth-order valence-corrected chi connectivity index (χ4v) is 2.79. The van der Waals surface area contributed by atoms with Crippen molar-refractivity contribution in [2.45, 2.75) is 39.5 Å². The first-order chi connectivity index (χ1) is 9.49. The van der Waals surface area contributed by atoms with Gasteiger partial charge in [-0.1, -0.05) is 28.1 Å². The van der Waals surface area contributed by atoms with E-state index in [1.165, 1.54) is 5.56 Å². The van der Waals surface area contributed by atoms with E-state index in [9.17, 15) is 5.11 Å². The Balaban J connectivity index is 2.35. The van der Waals surface area contributed by atoms with E-state index in [-0.39, 0.29) is 6.10 Å². The van der Waals surface area contributed by atoms with Crippen LogP contribution in [0.25, 0.3) is 10.9 Å². The number of rotatable bonds is 5. The maximum absolute atomic E-state index is 9.64. The molecule has 0 aliphatic heterocycles. The van der Waals surface area contributed by atoms with Gasteiger partial charge in [-0.3, -0.25) is 9.88 Å². The number of aliphatic hydroxyl groups excluding tert-OH is 1. The third-order valence-corrected chi connectivity index (χ3v) is 4.09. The van der Waals surface area contributed by atoms with Crippen LogP contribution in [0.1, 0.15) is 26.3 Å². The predicted octanol–water partition coefficient (Wildman–Crippen LogP) is 3.59. The summed E-state index contributed by atoms with van der Waals surface area (Å²) in [5.74, 6) is 0. The molecule has 1 unspecified atom stereocenters. The lowest BCUT2D eigenvalue weighted by molar-refractivity contribution is 0.103. The van der Waals surface area contributed by atoms with E-state index in [0.717, 1.165) is 21.9 Å². The van der Waals surface area contributed by atoms with Crippen molar-refractivity contribution < 1.29 is 5.11 Å². The molecule has 0 radical (unpaired) electrons. The van der Waals surface area contributed by atoms with Gasteiger partial charge in [0.05, 0.1) is 11.6 Å². The van der Waals surface area contributed by atoms with Crippen molar-refractivity contribution in [2.75, 3.05) is 6.54 Å². The van der Waals surface area contributed by atoms with Crippen molar-refractivity contribution in [1.29, 1.82) is 0 Å². The van der Waals surface area contributed by atoms with Crippen LogP contribution in [0.5, 0.6) is 0 Å². The highest BCUT2D eigenvalue weighted by Gasteiger charge is 2.15. The summed E-state index contributed by atoms with van der Waals surface area (Å²) < 4.78 is 1.07. The van der Waals surface area contributed by atoms with Gasteiger partial charge in [0, 0.05) is 35.2 Å². The molecule has 20 heavy (non-hydrogen) atoms. The lowest BCUT2D eigenvalue weighted by atomic mass is 10.1. The van der Waals surface area contributed by atoms with Crippen LogP contribution < -0.4 is 0 Å². The smallest absolute Gasteiger partial charge is 0.0758 e. The van der Waals surface area contributed by atoms with Crippen LogP contribution in [-0.2, 0) is 6.54 Å². The van der Waals surface area contributed by atoms with E-state index in [1.54, 1.807) is 0 Å². The first-order valence-corrected chi connectivity index (χ1v) is 7.72. The number of hydrogen-bond acceptors (Lipinski definition) is 3. The van der Waals surface area contributed by atoms with Crippen molar-refractivity contribution in [3.05, 3.63) is 40.5 Å². The minimum atomic E-state index is -0.327. The molecule has 3 nitrogen and oxygen atoms in total.